The third-order valence-corrected chi connectivity index (χ3v) is 1.41. The molecular weight excluding hydrogens is 221 g/mol. The van der Waals surface area contributed by atoms with Crippen molar-refractivity contribution in [2.24, 2.45) is 0 Å². The lowest BCUT2D eigenvalue weighted by Gasteiger charge is -2.09. The molecule has 8 heteroatoms. The lowest BCUT2D eigenvalue weighted by Crippen LogP contribution is -2.22. The van der Waals surface area contributed by atoms with E-state index in [-0.39, 0.29) is 16.8 Å². The summed E-state index contributed by atoms with van der Waals surface area (Å²) in [5, 5.41) is 1.96. The zero-order valence-corrected chi connectivity index (χ0v) is 7.52. The number of nitrogen functional groups attached to an aromatic ring is 1. The van der Waals surface area contributed by atoms with Gasteiger partial charge in [-0.1, -0.05) is 11.6 Å². The Kier molecular flexibility index (Phi) is 3.00. The lowest BCUT2D eigenvalue weighted by atomic mass is 10.5. The zero-order valence-electron chi connectivity index (χ0n) is 6.77. The van der Waals surface area contributed by atoms with E-state index in [9.17, 15) is 13.2 Å². The molecule has 1 heterocycles. The van der Waals surface area contributed by atoms with E-state index >= 15 is 0 Å². The number of halogens is 4. The van der Waals surface area contributed by atoms with Crippen molar-refractivity contribution >= 4 is 23.2 Å². The van der Waals surface area contributed by atoms with Crippen molar-refractivity contribution in [2.45, 2.75) is 6.18 Å². The van der Waals surface area contributed by atoms with Crippen molar-refractivity contribution < 1.29 is 13.2 Å². The smallest absolute Gasteiger partial charge is 0.381 e. The number of alkyl halides is 3. The van der Waals surface area contributed by atoms with Gasteiger partial charge in [0.25, 0.3) is 0 Å². The topological polar surface area (TPSA) is 63.8 Å². The van der Waals surface area contributed by atoms with Crippen molar-refractivity contribution in [1.29, 1.82) is 0 Å². The summed E-state index contributed by atoms with van der Waals surface area (Å²) < 4.78 is 35.4. The fourth-order valence-electron chi connectivity index (χ4n) is 0.691. The van der Waals surface area contributed by atoms with E-state index in [2.05, 4.69) is 9.97 Å². The SMILES string of the molecule is Nc1ncc(Cl)nc1NCC(F)(F)F. The standard InChI is InChI=1S/C6H6ClF3N4/c7-3-1-12-4(11)5(14-3)13-2-6(8,9)10/h1H,2H2,(H2,11,12)(H,13,14). The summed E-state index contributed by atoms with van der Waals surface area (Å²) in [4.78, 5) is 7.08. The minimum Gasteiger partial charge on any atom is -0.381 e. The van der Waals surface area contributed by atoms with Gasteiger partial charge in [0.1, 0.15) is 11.7 Å². The molecule has 0 aliphatic heterocycles. The van der Waals surface area contributed by atoms with E-state index in [4.69, 9.17) is 17.3 Å². The molecule has 0 bridgehead atoms. The molecule has 78 valence electrons. The predicted octanol–water partition coefficient (Wildman–Crippen LogP) is 1.69. The predicted molar refractivity (Wildman–Crippen MR) is 46.0 cm³/mol. The van der Waals surface area contributed by atoms with Crippen LogP contribution in [0.25, 0.3) is 0 Å². The molecule has 3 N–H and O–H groups in total. The second-order valence-electron chi connectivity index (χ2n) is 2.40. The third-order valence-electron chi connectivity index (χ3n) is 1.23. The molecule has 14 heavy (non-hydrogen) atoms. The molecule has 0 amide bonds. The average molecular weight is 227 g/mol. The minimum atomic E-state index is -4.34. The molecule has 4 nitrogen and oxygen atoms in total. The second-order valence-corrected chi connectivity index (χ2v) is 2.78. The maximum atomic E-state index is 11.8. The molecule has 1 rings (SSSR count). The zero-order chi connectivity index (χ0) is 10.8. The Morgan fingerprint density at radius 3 is 2.71 bits per heavy atom. The average Bonchev–Trinajstić information content (AvgIpc) is 2.05. The van der Waals surface area contributed by atoms with Gasteiger partial charge in [0.05, 0.1) is 6.20 Å². The summed E-state index contributed by atoms with van der Waals surface area (Å²) in [6.07, 6.45) is -3.19. The highest BCUT2D eigenvalue weighted by atomic mass is 35.5. The van der Waals surface area contributed by atoms with Crippen molar-refractivity contribution in [3.05, 3.63) is 11.3 Å². The number of aromatic nitrogens is 2. The quantitative estimate of drug-likeness (QED) is 0.806. The van der Waals surface area contributed by atoms with Crippen molar-refractivity contribution in [1.82, 2.24) is 9.97 Å². The summed E-state index contributed by atoms with van der Waals surface area (Å²) >= 11 is 5.42. The first kappa shape index (κ1) is 10.8. The molecule has 0 aromatic carbocycles. The van der Waals surface area contributed by atoms with Crippen LogP contribution in [0.5, 0.6) is 0 Å². The molecule has 0 saturated heterocycles. The van der Waals surface area contributed by atoms with Gasteiger partial charge < -0.3 is 11.1 Å². The highest BCUT2D eigenvalue weighted by Crippen LogP contribution is 2.19. The van der Waals surface area contributed by atoms with Gasteiger partial charge in [-0.05, 0) is 0 Å². The van der Waals surface area contributed by atoms with Gasteiger partial charge in [-0.2, -0.15) is 13.2 Å². The van der Waals surface area contributed by atoms with E-state index in [0.29, 0.717) is 0 Å². The molecule has 0 radical (unpaired) electrons. The summed E-state index contributed by atoms with van der Waals surface area (Å²) in [6, 6.07) is 0. The van der Waals surface area contributed by atoms with Crippen LogP contribution in [0.3, 0.4) is 0 Å². The highest BCUT2D eigenvalue weighted by molar-refractivity contribution is 6.29. The van der Waals surface area contributed by atoms with Crippen LogP contribution in [0, 0.1) is 0 Å². The molecule has 1 aromatic heterocycles. The number of nitrogens with two attached hydrogens (primary N) is 1. The van der Waals surface area contributed by atoms with Crippen LogP contribution in [-0.4, -0.2) is 22.7 Å². The van der Waals surface area contributed by atoms with Crippen LogP contribution in [0.1, 0.15) is 0 Å². The Labute approximate surface area is 82.3 Å². The number of hydrogen-bond acceptors (Lipinski definition) is 4. The first-order valence-corrected chi connectivity index (χ1v) is 3.85. The van der Waals surface area contributed by atoms with E-state index in [1.54, 1.807) is 0 Å². The normalized spacial score (nSPS) is 11.4. The van der Waals surface area contributed by atoms with Gasteiger partial charge in [-0.15, -0.1) is 0 Å². The Bertz CT molecular complexity index is 327. The lowest BCUT2D eigenvalue weighted by molar-refractivity contribution is -0.115. The fraction of sp³-hybridized carbons (Fsp3) is 0.333. The van der Waals surface area contributed by atoms with Crippen LogP contribution >= 0.6 is 11.6 Å². The Balaban J connectivity index is 2.72. The summed E-state index contributed by atoms with van der Waals surface area (Å²) in [7, 11) is 0. The fourth-order valence-corrected chi connectivity index (χ4v) is 0.824. The Hall–Kier alpha value is -1.24. The molecule has 0 atom stereocenters. The van der Waals surface area contributed by atoms with E-state index in [1.807, 2.05) is 5.32 Å². The summed E-state index contributed by atoms with van der Waals surface area (Å²) in [5.41, 5.74) is 5.26. The number of hydrogen-bond donors (Lipinski definition) is 2. The maximum Gasteiger partial charge on any atom is 0.405 e. The number of nitrogens with zero attached hydrogens (tertiary/aromatic N) is 2. The van der Waals surface area contributed by atoms with Crippen LogP contribution in [0.4, 0.5) is 24.8 Å². The second kappa shape index (κ2) is 3.87. The molecule has 0 fully saturated rings. The third kappa shape index (κ3) is 3.25. The van der Waals surface area contributed by atoms with E-state index in [1.165, 1.54) is 0 Å². The van der Waals surface area contributed by atoms with Gasteiger partial charge in [0.2, 0.25) is 0 Å². The molecule has 0 saturated carbocycles. The van der Waals surface area contributed by atoms with Crippen molar-refractivity contribution in [2.75, 3.05) is 17.6 Å². The van der Waals surface area contributed by atoms with Gasteiger partial charge in [-0.25, -0.2) is 9.97 Å². The Morgan fingerprint density at radius 2 is 2.14 bits per heavy atom. The van der Waals surface area contributed by atoms with Gasteiger partial charge in [-0.3, -0.25) is 0 Å². The van der Waals surface area contributed by atoms with Crippen LogP contribution in [-0.2, 0) is 0 Å². The number of rotatable bonds is 2. The summed E-state index contributed by atoms with van der Waals surface area (Å²) in [5.74, 6) is -0.298. The molecule has 0 unspecified atom stereocenters. The van der Waals surface area contributed by atoms with E-state index in [0.717, 1.165) is 6.20 Å². The van der Waals surface area contributed by atoms with Crippen molar-refractivity contribution in [3.63, 3.8) is 0 Å². The van der Waals surface area contributed by atoms with Gasteiger partial charge in [0, 0.05) is 0 Å². The largest absolute Gasteiger partial charge is 0.405 e. The van der Waals surface area contributed by atoms with Crippen LogP contribution < -0.4 is 11.1 Å². The first-order valence-electron chi connectivity index (χ1n) is 3.47. The van der Waals surface area contributed by atoms with Crippen molar-refractivity contribution in [3.8, 4) is 0 Å². The molecule has 0 aliphatic rings. The molecule has 1 aromatic rings. The Morgan fingerprint density at radius 1 is 1.50 bits per heavy atom. The minimum absolute atomic E-state index is 0.0242. The van der Waals surface area contributed by atoms with E-state index < -0.39 is 12.7 Å². The van der Waals surface area contributed by atoms with Crippen LogP contribution in [0.2, 0.25) is 5.15 Å². The molecule has 0 aliphatic carbocycles. The number of nitrogens with one attached hydrogen (secondary N) is 1. The summed E-state index contributed by atoms with van der Waals surface area (Å²) in [6.45, 7) is -1.23. The maximum absolute atomic E-state index is 11.8. The molecular formula is C6H6ClF3N4. The monoisotopic (exact) mass is 226 g/mol. The first-order chi connectivity index (χ1) is 6.38. The van der Waals surface area contributed by atoms with Gasteiger partial charge >= 0.3 is 6.18 Å². The molecule has 0 spiro atoms. The van der Waals surface area contributed by atoms with Crippen LogP contribution in [0.15, 0.2) is 6.20 Å². The highest BCUT2D eigenvalue weighted by Gasteiger charge is 2.27. The van der Waals surface area contributed by atoms with Gasteiger partial charge in [0.15, 0.2) is 11.6 Å². The number of anilines is 2.